The minimum atomic E-state index is -0.318. The van der Waals surface area contributed by atoms with E-state index in [1.165, 1.54) is 6.26 Å². The number of nitriles is 1. The summed E-state index contributed by atoms with van der Waals surface area (Å²) in [6.07, 6.45) is 3.09. The van der Waals surface area contributed by atoms with Crippen molar-refractivity contribution in [3.8, 4) is 6.07 Å². The molecule has 0 atom stereocenters. The van der Waals surface area contributed by atoms with Crippen LogP contribution in [0.15, 0.2) is 64.8 Å². The van der Waals surface area contributed by atoms with Crippen molar-refractivity contribution in [1.29, 1.82) is 5.26 Å². The largest absolute Gasteiger partial charge is 0.469 e. The molecule has 3 aromatic rings. The van der Waals surface area contributed by atoms with Crippen LogP contribution in [0.4, 0.5) is 0 Å². The fourth-order valence-corrected chi connectivity index (χ4v) is 2.45. The standard InChI is InChI=1S/C19H13NO2/c1-13-17(9-10-22-13)19(21)16(12-20)11-15-7-4-6-14-5-2-3-8-18(14)15/h2-11H,1H3/b16-11+. The molecule has 3 heteroatoms. The molecule has 0 saturated carbocycles. The second-order valence-electron chi connectivity index (χ2n) is 4.96. The van der Waals surface area contributed by atoms with Crippen molar-refractivity contribution in [2.45, 2.75) is 6.92 Å². The van der Waals surface area contributed by atoms with Crippen molar-refractivity contribution in [2.75, 3.05) is 0 Å². The third-order valence-corrected chi connectivity index (χ3v) is 3.59. The molecule has 0 unspecified atom stereocenters. The SMILES string of the molecule is Cc1occc1C(=O)/C(C#N)=C/c1cccc2ccccc12. The maximum absolute atomic E-state index is 12.4. The number of allylic oxidation sites excluding steroid dienone is 1. The van der Waals surface area contributed by atoms with Crippen LogP contribution < -0.4 is 0 Å². The van der Waals surface area contributed by atoms with Gasteiger partial charge in [-0.1, -0.05) is 42.5 Å². The molecule has 3 rings (SSSR count). The third-order valence-electron chi connectivity index (χ3n) is 3.59. The summed E-state index contributed by atoms with van der Waals surface area (Å²) in [6.45, 7) is 1.71. The number of hydrogen-bond donors (Lipinski definition) is 0. The molecule has 0 amide bonds. The summed E-state index contributed by atoms with van der Waals surface area (Å²) in [4.78, 5) is 12.4. The molecule has 22 heavy (non-hydrogen) atoms. The first-order valence-corrected chi connectivity index (χ1v) is 6.89. The number of carbonyl (C=O) groups is 1. The highest BCUT2D eigenvalue weighted by Gasteiger charge is 2.16. The van der Waals surface area contributed by atoms with Gasteiger partial charge < -0.3 is 4.42 Å². The van der Waals surface area contributed by atoms with Crippen molar-refractivity contribution >= 4 is 22.6 Å². The predicted molar refractivity (Wildman–Crippen MR) is 85.3 cm³/mol. The van der Waals surface area contributed by atoms with Gasteiger partial charge in [0.1, 0.15) is 17.4 Å². The molecule has 0 aliphatic carbocycles. The second-order valence-corrected chi connectivity index (χ2v) is 4.96. The number of rotatable bonds is 3. The van der Waals surface area contributed by atoms with Gasteiger partial charge in [0, 0.05) is 0 Å². The molecule has 0 fully saturated rings. The maximum atomic E-state index is 12.4. The Kier molecular flexibility index (Phi) is 3.59. The Balaban J connectivity index is 2.10. The van der Waals surface area contributed by atoms with Gasteiger partial charge in [-0.15, -0.1) is 0 Å². The normalized spacial score (nSPS) is 11.4. The van der Waals surface area contributed by atoms with Crippen LogP contribution >= 0.6 is 0 Å². The first kappa shape index (κ1) is 13.8. The highest BCUT2D eigenvalue weighted by molar-refractivity contribution is 6.15. The quantitative estimate of drug-likeness (QED) is 0.404. The Hall–Kier alpha value is -3.12. The van der Waals surface area contributed by atoms with E-state index in [9.17, 15) is 10.1 Å². The summed E-state index contributed by atoms with van der Waals surface area (Å²) in [7, 11) is 0. The average Bonchev–Trinajstić information content (AvgIpc) is 2.98. The summed E-state index contributed by atoms with van der Waals surface area (Å²) >= 11 is 0. The van der Waals surface area contributed by atoms with Gasteiger partial charge in [0.05, 0.1) is 11.8 Å². The molecular formula is C19H13NO2. The number of aryl methyl sites for hydroxylation is 1. The van der Waals surface area contributed by atoms with Crippen LogP contribution in [0.1, 0.15) is 21.7 Å². The van der Waals surface area contributed by atoms with Gasteiger partial charge >= 0.3 is 0 Å². The summed E-state index contributed by atoms with van der Waals surface area (Å²) in [5.41, 5.74) is 1.37. The van der Waals surface area contributed by atoms with Crippen molar-refractivity contribution in [1.82, 2.24) is 0 Å². The Morgan fingerprint density at radius 1 is 1.14 bits per heavy atom. The minimum Gasteiger partial charge on any atom is -0.469 e. The van der Waals surface area contributed by atoms with Crippen LogP contribution in [0, 0.1) is 18.3 Å². The molecule has 3 nitrogen and oxygen atoms in total. The first-order valence-electron chi connectivity index (χ1n) is 6.89. The number of benzene rings is 2. The lowest BCUT2D eigenvalue weighted by molar-refractivity contribution is 0.103. The Labute approximate surface area is 128 Å². The Morgan fingerprint density at radius 2 is 1.91 bits per heavy atom. The molecule has 0 saturated heterocycles. The Bertz CT molecular complexity index is 921. The lowest BCUT2D eigenvalue weighted by atomic mass is 9.99. The number of furan rings is 1. The lowest BCUT2D eigenvalue weighted by Gasteiger charge is -2.03. The van der Waals surface area contributed by atoms with Gasteiger partial charge in [-0.05, 0) is 35.4 Å². The zero-order chi connectivity index (χ0) is 15.5. The second kappa shape index (κ2) is 5.71. The third kappa shape index (κ3) is 2.43. The Morgan fingerprint density at radius 3 is 2.64 bits per heavy atom. The number of hydrogen-bond acceptors (Lipinski definition) is 3. The van der Waals surface area contributed by atoms with E-state index in [0.29, 0.717) is 11.3 Å². The molecule has 2 aromatic carbocycles. The van der Waals surface area contributed by atoms with Crippen molar-refractivity contribution in [3.05, 3.63) is 77.3 Å². The fourth-order valence-electron chi connectivity index (χ4n) is 2.45. The van der Waals surface area contributed by atoms with Crippen LogP contribution in [-0.4, -0.2) is 5.78 Å². The molecule has 0 bridgehead atoms. The van der Waals surface area contributed by atoms with Crippen LogP contribution in [0.2, 0.25) is 0 Å². The lowest BCUT2D eigenvalue weighted by Crippen LogP contribution is -2.02. The van der Waals surface area contributed by atoms with Gasteiger partial charge in [0.25, 0.3) is 0 Å². The van der Waals surface area contributed by atoms with Crippen molar-refractivity contribution in [2.24, 2.45) is 0 Å². The smallest absolute Gasteiger partial charge is 0.207 e. The number of ketones is 1. The first-order chi connectivity index (χ1) is 10.7. The zero-order valence-electron chi connectivity index (χ0n) is 12.0. The van der Waals surface area contributed by atoms with Crippen molar-refractivity contribution in [3.63, 3.8) is 0 Å². The molecule has 1 heterocycles. The number of carbonyl (C=O) groups excluding carboxylic acids is 1. The highest BCUT2D eigenvalue weighted by atomic mass is 16.3. The van der Waals surface area contributed by atoms with Crippen LogP contribution in [0.25, 0.3) is 16.8 Å². The molecule has 0 spiro atoms. The molecule has 106 valence electrons. The van der Waals surface area contributed by atoms with Gasteiger partial charge in [0.15, 0.2) is 0 Å². The molecule has 0 N–H and O–H groups in total. The van der Waals surface area contributed by atoms with Gasteiger partial charge in [-0.2, -0.15) is 5.26 Å². The van der Waals surface area contributed by atoms with Crippen LogP contribution in [-0.2, 0) is 0 Å². The molecular weight excluding hydrogens is 274 g/mol. The number of fused-ring (bicyclic) bond motifs is 1. The van der Waals surface area contributed by atoms with Gasteiger partial charge in [-0.25, -0.2) is 0 Å². The number of nitrogens with zero attached hydrogens (tertiary/aromatic N) is 1. The monoisotopic (exact) mass is 287 g/mol. The maximum Gasteiger partial charge on any atom is 0.207 e. The van der Waals surface area contributed by atoms with Gasteiger partial charge in [-0.3, -0.25) is 4.79 Å². The van der Waals surface area contributed by atoms with Crippen molar-refractivity contribution < 1.29 is 9.21 Å². The summed E-state index contributed by atoms with van der Waals surface area (Å²) in [6, 6.07) is 17.3. The zero-order valence-corrected chi connectivity index (χ0v) is 12.0. The van der Waals surface area contributed by atoms with Gasteiger partial charge in [0.2, 0.25) is 5.78 Å². The molecule has 0 aliphatic heterocycles. The molecule has 0 aliphatic rings. The van der Waals surface area contributed by atoms with E-state index in [-0.39, 0.29) is 11.4 Å². The predicted octanol–water partition coefficient (Wildman–Crippen LogP) is 4.53. The summed E-state index contributed by atoms with van der Waals surface area (Å²) in [5.74, 6) is 0.200. The van der Waals surface area contributed by atoms with E-state index in [0.717, 1.165) is 16.3 Å². The summed E-state index contributed by atoms with van der Waals surface area (Å²) in [5, 5.41) is 11.4. The van der Waals surface area contributed by atoms with E-state index in [1.807, 2.05) is 48.5 Å². The average molecular weight is 287 g/mol. The van der Waals surface area contributed by atoms with E-state index < -0.39 is 0 Å². The summed E-state index contributed by atoms with van der Waals surface area (Å²) < 4.78 is 5.14. The van der Waals surface area contributed by atoms with Crippen LogP contribution in [0.5, 0.6) is 0 Å². The van der Waals surface area contributed by atoms with E-state index in [2.05, 4.69) is 0 Å². The topological polar surface area (TPSA) is 54.0 Å². The van der Waals surface area contributed by atoms with E-state index in [4.69, 9.17) is 4.42 Å². The highest BCUT2D eigenvalue weighted by Crippen LogP contribution is 2.22. The fraction of sp³-hybridized carbons (Fsp3) is 0.0526. The minimum absolute atomic E-state index is 0.0980. The molecule has 1 aromatic heterocycles. The van der Waals surface area contributed by atoms with Crippen LogP contribution in [0.3, 0.4) is 0 Å². The van der Waals surface area contributed by atoms with E-state index in [1.54, 1.807) is 19.1 Å². The number of Topliss-reactive ketones (excluding diaryl/α,β-unsaturated/α-hetero) is 1. The van der Waals surface area contributed by atoms with E-state index >= 15 is 0 Å². The molecule has 0 radical (unpaired) electrons.